The summed E-state index contributed by atoms with van der Waals surface area (Å²) in [6.07, 6.45) is 4.55. The molecule has 1 amide bonds. The van der Waals surface area contributed by atoms with Gasteiger partial charge in [0.05, 0.1) is 29.0 Å². The van der Waals surface area contributed by atoms with Gasteiger partial charge in [0.1, 0.15) is 0 Å². The molecule has 3 heterocycles. The molecule has 5 nitrogen and oxygen atoms in total. The van der Waals surface area contributed by atoms with Crippen molar-refractivity contribution in [2.75, 3.05) is 12.3 Å². The van der Waals surface area contributed by atoms with E-state index in [-0.39, 0.29) is 5.91 Å². The highest BCUT2D eigenvalue weighted by Gasteiger charge is 2.31. The first-order chi connectivity index (χ1) is 12.1. The van der Waals surface area contributed by atoms with Gasteiger partial charge in [0.2, 0.25) is 0 Å². The highest BCUT2D eigenvalue weighted by atomic mass is 16.2. The summed E-state index contributed by atoms with van der Waals surface area (Å²) >= 11 is 0. The van der Waals surface area contributed by atoms with Gasteiger partial charge in [0.25, 0.3) is 5.91 Å². The largest absolute Gasteiger partial charge is 0.397 e. The molecule has 1 aliphatic rings. The molecule has 5 heteroatoms. The Labute approximate surface area is 146 Å². The van der Waals surface area contributed by atoms with Gasteiger partial charge in [0, 0.05) is 35.5 Å². The summed E-state index contributed by atoms with van der Waals surface area (Å²) in [6.45, 7) is 5.37. The third kappa shape index (κ3) is 2.35. The Hall–Kier alpha value is -2.95. The molecule has 3 aromatic rings. The number of fused-ring (bicyclic) bond motifs is 2. The topological polar surface area (TPSA) is 72.1 Å². The van der Waals surface area contributed by atoms with E-state index in [9.17, 15) is 4.79 Å². The predicted octanol–water partition coefficient (Wildman–Crippen LogP) is 3.55. The number of hydrogen-bond donors (Lipinski definition) is 1. The van der Waals surface area contributed by atoms with Crippen LogP contribution in [0.25, 0.3) is 22.0 Å². The maximum Gasteiger partial charge on any atom is 0.258 e. The molecule has 4 rings (SSSR count). The standard InChI is InChI=1S/C20H20N4O/c1-3-9-24-11-16-17(20(24)25)18(21)14-6-4-5-13(19(14)23-16)15-10-22-8-7-12(15)2/h4-8,10H,3,9,11H2,1-2H3,(H2,21,23). The van der Waals surface area contributed by atoms with Crippen LogP contribution in [0.4, 0.5) is 5.69 Å². The summed E-state index contributed by atoms with van der Waals surface area (Å²) in [5.41, 5.74) is 12.3. The van der Waals surface area contributed by atoms with Gasteiger partial charge in [0.15, 0.2) is 0 Å². The first kappa shape index (κ1) is 15.6. The molecule has 1 aliphatic heterocycles. The number of nitrogens with zero attached hydrogens (tertiary/aromatic N) is 3. The number of pyridine rings is 2. The molecule has 0 radical (unpaired) electrons. The van der Waals surface area contributed by atoms with Crippen LogP contribution in [0, 0.1) is 6.92 Å². The van der Waals surface area contributed by atoms with Crippen molar-refractivity contribution in [3.05, 3.63) is 53.5 Å². The van der Waals surface area contributed by atoms with Crippen LogP contribution in [0.5, 0.6) is 0 Å². The first-order valence-electron chi connectivity index (χ1n) is 8.53. The Balaban J connectivity index is 1.97. The predicted molar refractivity (Wildman–Crippen MR) is 99.2 cm³/mol. The first-order valence-corrected chi connectivity index (χ1v) is 8.53. The number of nitrogen functional groups attached to an aromatic ring is 1. The third-order valence-corrected chi connectivity index (χ3v) is 4.80. The Morgan fingerprint density at radius 2 is 2.08 bits per heavy atom. The van der Waals surface area contributed by atoms with Gasteiger partial charge in [-0.1, -0.05) is 25.1 Å². The number of benzene rings is 1. The van der Waals surface area contributed by atoms with Gasteiger partial charge < -0.3 is 10.6 Å². The number of carbonyl (C=O) groups is 1. The SMILES string of the molecule is CCCN1Cc2nc3c(-c4cnccc4C)cccc3c(N)c2C1=O. The monoisotopic (exact) mass is 332 g/mol. The number of anilines is 1. The van der Waals surface area contributed by atoms with Crippen LogP contribution in [-0.2, 0) is 6.54 Å². The number of hydrogen-bond acceptors (Lipinski definition) is 4. The zero-order valence-electron chi connectivity index (χ0n) is 14.4. The van der Waals surface area contributed by atoms with E-state index in [1.807, 2.05) is 35.4 Å². The lowest BCUT2D eigenvalue weighted by molar-refractivity contribution is 0.0779. The van der Waals surface area contributed by atoms with Crippen LogP contribution in [0.1, 0.15) is 35.0 Å². The average Bonchev–Trinajstić information content (AvgIpc) is 2.92. The number of aromatic nitrogens is 2. The van der Waals surface area contributed by atoms with Crippen LogP contribution >= 0.6 is 0 Å². The van der Waals surface area contributed by atoms with Gasteiger partial charge in [-0.15, -0.1) is 0 Å². The summed E-state index contributed by atoms with van der Waals surface area (Å²) in [4.78, 5) is 23.6. The van der Waals surface area contributed by atoms with E-state index < -0.39 is 0 Å². The third-order valence-electron chi connectivity index (χ3n) is 4.80. The van der Waals surface area contributed by atoms with Gasteiger partial charge in [-0.05, 0) is 25.0 Å². The Morgan fingerprint density at radius 3 is 2.84 bits per heavy atom. The lowest BCUT2D eigenvalue weighted by atomic mass is 9.98. The molecule has 1 aromatic carbocycles. The zero-order valence-corrected chi connectivity index (χ0v) is 14.4. The van der Waals surface area contributed by atoms with E-state index in [4.69, 9.17) is 10.7 Å². The minimum absolute atomic E-state index is 0.00767. The van der Waals surface area contributed by atoms with E-state index in [1.54, 1.807) is 6.20 Å². The minimum atomic E-state index is -0.00767. The van der Waals surface area contributed by atoms with Crippen molar-refractivity contribution in [2.45, 2.75) is 26.8 Å². The van der Waals surface area contributed by atoms with Crippen molar-refractivity contribution in [1.29, 1.82) is 0 Å². The van der Waals surface area contributed by atoms with Crippen molar-refractivity contribution in [2.24, 2.45) is 0 Å². The number of para-hydroxylation sites is 1. The smallest absolute Gasteiger partial charge is 0.258 e. The molecule has 0 bridgehead atoms. The van der Waals surface area contributed by atoms with E-state index in [2.05, 4.69) is 18.8 Å². The minimum Gasteiger partial charge on any atom is -0.397 e. The summed E-state index contributed by atoms with van der Waals surface area (Å²) in [5.74, 6) is -0.00767. The number of nitrogens with two attached hydrogens (primary N) is 1. The number of amides is 1. The van der Waals surface area contributed by atoms with E-state index in [0.717, 1.165) is 46.3 Å². The van der Waals surface area contributed by atoms with Crippen LogP contribution in [0.15, 0.2) is 36.7 Å². The lowest BCUT2D eigenvalue weighted by Crippen LogP contribution is -2.24. The van der Waals surface area contributed by atoms with E-state index in [1.165, 1.54) is 0 Å². The van der Waals surface area contributed by atoms with Gasteiger partial charge in [-0.25, -0.2) is 4.98 Å². The fourth-order valence-corrected chi connectivity index (χ4v) is 3.54. The van der Waals surface area contributed by atoms with Crippen molar-refractivity contribution >= 4 is 22.5 Å². The maximum atomic E-state index is 12.7. The molecule has 0 saturated carbocycles. The van der Waals surface area contributed by atoms with Crippen LogP contribution in [-0.4, -0.2) is 27.3 Å². The highest BCUT2D eigenvalue weighted by Crippen LogP contribution is 2.36. The van der Waals surface area contributed by atoms with Crippen molar-refractivity contribution in [1.82, 2.24) is 14.9 Å². The quantitative estimate of drug-likeness (QED) is 0.796. The number of carbonyl (C=O) groups excluding carboxylic acids is 1. The molecular formula is C20H20N4O. The molecule has 0 aliphatic carbocycles. The van der Waals surface area contributed by atoms with E-state index >= 15 is 0 Å². The van der Waals surface area contributed by atoms with Gasteiger partial charge >= 0.3 is 0 Å². The lowest BCUT2D eigenvalue weighted by Gasteiger charge is -2.13. The summed E-state index contributed by atoms with van der Waals surface area (Å²) in [6, 6.07) is 7.91. The molecule has 0 unspecified atom stereocenters. The molecule has 0 fully saturated rings. The normalized spacial score (nSPS) is 13.5. The average molecular weight is 332 g/mol. The Morgan fingerprint density at radius 1 is 1.24 bits per heavy atom. The van der Waals surface area contributed by atoms with Crippen LogP contribution in [0.3, 0.4) is 0 Å². The Kier molecular flexibility index (Phi) is 3.64. The molecule has 0 spiro atoms. The van der Waals surface area contributed by atoms with Crippen molar-refractivity contribution < 1.29 is 4.79 Å². The zero-order chi connectivity index (χ0) is 17.6. The van der Waals surface area contributed by atoms with Gasteiger partial charge in [-0.3, -0.25) is 9.78 Å². The fraction of sp³-hybridized carbons (Fsp3) is 0.250. The van der Waals surface area contributed by atoms with Crippen LogP contribution < -0.4 is 5.73 Å². The molecule has 2 aromatic heterocycles. The maximum absolute atomic E-state index is 12.7. The van der Waals surface area contributed by atoms with Crippen molar-refractivity contribution in [3.63, 3.8) is 0 Å². The second-order valence-electron chi connectivity index (χ2n) is 6.47. The molecule has 126 valence electrons. The molecular weight excluding hydrogens is 312 g/mol. The molecule has 2 N–H and O–H groups in total. The number of rotatable bonds is 3. The number of aryl methyl sites for hydroxylation is 1. The second kappa shape index (κ2) is 5.84. The van der Waals surface area contributed by atoms with Crippen molar-refractivity contribution in [3.8, 4) is 11.1 Å². The molecule has 0 saturated heterocycles. The Bertz CT molecular complexity index is 996. The van der Waals surface area contributed by atoms with Gasteiger partial charge in [-0.2, -0.15) is 0 Å². The molecule has 25 heavy (non-hydrogen) atoms. The highest BCUT2D eigenvalue weighted by molar-refractivity contribution is 6.11. The van der Waals surface area contributed by atoms with Crippen LogP contribution in [0.2, 0.25) is 0 Å². The second-order valence-corrected chi connectivity index (χ2v) is 6.47. The summed E-state index contributed by atoms with van der Waals surface area (Å²) < 4.78 is 0. The summed E-state index contributed by atoms with van der Waals surface area (Å²) in [5, 5.41) is 0.825. The fourth-order valence-electron chi connectivity index (χ4n) is 3.54. The van der Waals surface area contributed by atoms with E-state index in [0.29, 0.717) is 17.8 Å². The summed E-state index contributed by atoms with van der Waals surface area (Å²) in [7, 11) is 0. The molecule has 0 atom stereocenters.